The molecule has 0 atom stereocenters. The van der Waals surface area contributed by atoms with E-state index in [4.69, 9.17) is 4.74 Å². The minimum atomic E-state index is -0.489. The molecule has 1 amide bonds. The lowest BCUT2D eigenvalue weighted by Crippen LogP contribution is -2.25. The molecule has 0 spiro atoms. The van der Waals surface area contributed by atoms with Crippen LogP contribution in [0.25, 0.3) is 0 Å². The maximum Gasteiger partial charge on any atom is 0.293 e. The Bertz CT molecular complexity index is 801. The highest BCUT2D eigenvalue weighted by Gasteiger charge is 2.25. The molecule has 0 saturated heterocycles. The zero-order valence-electron chi connectivity index (χ0n) is 14.5. The van der Waals surface area contributed by atoms with Gasteiger partial charge < -0.3 is 15.4 Å². The summed E-state index contributed by atoms with van der Waals surface area (Å²) in [4.78, 5) is 22.9. The van der Waals surface area contributed by atoms with E-state index in [1.165, 1.54) is 6.07 Å². The maximum atomic E-state index is 12.0. The fourth-order valence-corrected chi connectivity index (χ4v) is 2.46. The SMILES string of the molecule is Cc1ccc(OCCNc2ccc(C(=O)NC3CC3)cc2[N+](=O)[O-])cc1. The molecule has 2 N–H and O–H groups in total. The number of hydrogen-bond acceptors (Lipinski definition) is 5. The third kappa shape index (κ3) is 4.72. The third-order valence-electron chi connectivity index (χ3n) is 4.08. The van der Waals surface area contributed by atoms with Crippen LogP contribution in [0.3, 0.4) is 0 Å². The number of carbonyl (C=O) groups is 1. The highest BCUT2D eigenvalue weighted by atomic mass is 16.6. The fourth-order valence-electron chi connectivity index (χ4n) is 2.46. The van der Waals surface area contributed by atoms with Crippen LogP contribution in [0.2, 0.25) is 0 Å². The summed E-state index contributed by atoms with van der Waals surface area (Å²) < 4.78 is 5.60. The third-order valence-corrected chi connectivity index (χ3v) is 4.08. The summed E-state index contributed by atoms with van der Waals surface area (Å²) in [5.41, 5.74) is 1.69. The second-order valence-corrected chi connectivity index (χ2v) is 6.33. The van der Waals surface area contributed by atoms with Gasteiger partial charge in [0.2, 0.25) is 0 Å². The van der Waals surface area contributed by atoms with Gasteiger partial charge in [0.1, 0.15) is 18.0 Å². The number of nitro benzene ring substituents is 1. The zero-order chi connectivity index (χ0) is 18.5. The Labute approximate surface area is 151 Å². The van der Waals surface area contributed by atoms with Crippen molar-refractivity contribution in [3.05, 3.63) is 63.7 Å². The highest BCUT2D eigenvalue weighted by Crippen LogP contribution is 2.26. The molecule has 1 aliphatic carbocycles. The van der Waals surface area contributed by atoms with E-state index in [1.807, 2.05) is 31.2 Å². The first-order chi connectivity index (χ1) is 12.5. The molecule has 136 valence electrons. The number of anilines is 1. The number of benzene rings is 2. The van der Waals surface area contributed by atoms with Gasteiger partial charge in [0, 0.05) is 24.2 Å². The van der Waals surface area contributed by atoms with Crippen molar-refractivity contribution in [2.75, 3.05) is 18.5 Å². The maximum absolute atomic E-state index is 12.0. The average Bonchev–Trinajstić information content (AvgIpc) is 3.44. The molecular weight excluding hydrogens is 334 g/mol. The molecule has 0 aromatic heterocycles. The molecular formula is C19H21N3O4. The van der Waals surface area contributed by atoms with E-state index in [9.17, 15) is 14.9 Å². The molecule has 1 aliphatic rings. The first kappa shape index (κ1) is 17.7. The van der Waals surface area contributed by atoms with Crippen molar-refractivity contribution in [2.24, 2.45) is 0 Å². The van der Waals surface area contributed by atoms with Gasteiger partial charge in [0.05, 0.1) is 4.92 Å². The van der Waals surface area contributed by atoms with Gasteiger partial charge in [0.15, 0.2) is 0 Å². The van der Waals surface area contributed by atoms with E-state index in [0.717, 1.165) is 24.2 Å². The Morgan fingerprint density at radius 2 is 1.96 bits per heavy atom. The number of ether oxygens (including phenoxy) is 1. The van der Waals surface area contributed by atoms with Crippen LogP contribution in [-0.4, -0.2) is 30.0 Å². The normalized spacial score (nSPS) is 13.1. The number of hydrogen-bond donors (Lipinski definition) is 2. The van der Waals surface area contributed by atoms with E-state index in [2.05, 4.69) is 10.6 Å². The molecule has 1 fully saturated rings. The second-order valence-electron chi connectivity index (χ2n) is 6.33. The van der Waals surface area contributed by atoms with Crippen LogP contribution in [0.4, 0.5) is 11.4 Å². The zero-order valence-corrected chi connectivity index (χ0v) is 14.5. The van der Waals surface area contributed by atoms with Crippen LogP contribution in [0.1, 0.15) is 28.8 Å². The summed E-state index contributed by atoms with van der Waals surface area (Å²) in [5.74, 6) is 0.476. The number of amides is 1. The van der Waals surface area contributed by atoms with Crippen molar-refractivity contribution in [1.82, 2.24) is 5.32 Å². The molecule has 2 aromatic carbocycles. The van der Waals surface area contributed by atoms with Crippen LogP contribution < -0.4 is 15.4 Å². The predicted molar refractivity (Wildman–Crippen MR) is 98.7 cm³/mol. The Balaban J connectivity index is 1.58. The lowest BCUT2D eigenvalue weighted by Gasteiger charge is -2.10. The van der Waals surface area contributed by atoms with Crippen LogP contribution in [0, 0.1) is 17.0 Å². The Kier molecular flexibility index (Phi) is 5.36. The molecule has 0 radical (unpaired) electrons. The van der Waals surface area contributed by atoms with Gasteiger partial charge in [-0.25, -0.2) is 0 Å². The molecule has 7 heteroatoms. The van der Waals surface area contributed by atoms with Crippen LogP contribution in [0.5, 0.6) is 5.75 Å². The standard InChI is InChI=1S/C19H21N3O4/c1-13-2-7-16(8-3-13)26-11-10-20-17-9-4-14(12-18(17)22(24)25)19(23)21-15-5-6-15/h2-4,7-9,12,15,20H,5-6,10-11H2,1H3,(H,21,23). The Hall–Kier alpha value is -3.09. The molecule has 3 rings (SSSR count). The molecule has 7 nitrogen and oxygen atoms in total. The van der Waals surface area contributed by atoms with Crippen molar-refractivity contribution in [2.45, 2.75) is 25.8 Å². The minimum Gasteiger partial charge on any atom is -0.492 e. The number of nitrogens with zero attached hydrogens (tertiary/aromatic N) is 1. The van der Waals surface area contributed by atoms with E-state index < -0.39 is 4.92 Å². The first-order valence-corrected chi connectivity index (χ1v) is 8.55. The summed E-state index contributed by atoms with van der Waals surface area (Å²) in [6.45, 7) is 2.77. The van der Waals surface area contributed by atoms with Crippen molar-refractivity contribution >= 4 is 17.3 Å². The number of nitrogens with one attached hydrogen (secondary N) is 2. The number of aryl methyl sites for hydroxylation is 1. The van der Waals surface area contributed by atoms with Gasteiger partial charge in [-0.15, -0.1) is 0 Å². The lowest BCUT2D eigenvalue weighted by atomic mass is 10.1. The van der Waals surface area contributed by atoms with E-state index in [1.54, 1.807) is 12.1 Å². The lowest BCUT2D eigenvalue weighted by molar-refractivity contribution is -0.384. The van der Waals surface area contributed by atoms with E-state index in [0.29, 0.717) is 24.4 Å². The highest BCUT2D eigenvalue weighted by molar-refractivity contribution is 5.96. The van der Waals surface area contributed by atoms with E-state index >= 15 is 0 Å². The predicted octanol–water partition coefficient (Wildman–Crippen LogP) is 3.29. The number of rotatable bonds is 8. The van der Waals surface area contributed by atoms with Gasteiger partial charge >= 0.3 is 0 Å². The minimum absolute atomic E-state index is 0.121. The molecule has 0 bridgehead atoms. The molecule has 1 saturated carbocycles. The van der Waals surface area contributed by atoms with Crippen LogP contribution >= 0.6 is 0 Å². The summed E-state index contributed by atoms with van der Waals surface area (Å²) in [5, 5.41) is 17.1. The summed E-state index contributed by atoms with van der Waals surface area (Å²) in [6.07, 6.45) is 1.93. The van der Waals surface area contributed by atoms with Crippen LogP contribution in [0.15, 0.2) is 42.5 Å². The largest absolute Gasteiger partial charge is 0.492 e. The van der Waals surface area contributed by atoms with Gasteiger partial charge in [-0.05, 0) is 44.0 Å². The molecule has 0 aliphatic heterocycles. The Morgan fingerprint density at radius 1 is 1.23 bits per heavy atom. The van der Waals surface area contributed by atoms with E-state index in [-0.39, 0.29) is 17.6 Å². The Morgan fingerprint density at radius 3 is 2.62 bits per heavy atom. The monoisotopic (exact) mass is 355 g/mol. The first-order valence-electron chi connectivity index (χ1n) is 8.55. The van der Waals surface area contributed by atoms with Gasteiger partial charge in [0.25, 0.3) is 11.6 Å². The summed E-state index contributed by atoms with van der Waals surface area (Å²) in [7, 11) is 0. The topological polar surface area (TPSA) is 93.5 Å². The quantitative estimate of drug-likeness (QED) is 0.430. The fraction of sp³-hybridized carbons (Fsp3) is 0.316. The van der Waals surface area contributed by atoms with Gasteiger partial charge in [-0.2, -0.15) is 0 Å². The van der Waals surface area contributed by atoms with Crippen molar-refractivity contribution in [3.8, 4) is 5.75 Å². The smallest absolute Gasteiger partial charge is 0.293 e. The average molecular weight is 355 g/mol. The second kappa shape index (κ2) is 7.86. The number of nitro groups is 1. The van der Waals surface area contributed by atoms with Gasteiger partial charge in [-0.3, -0.25) is 14.9 Å². The molecule has 0 heterocycles. The summed E-state index contributed by atoms with van der Waals surface area (Å²) in [6, 6.07) is 12.3. The van der Waals surface area contributed by atoms with Crippen molar-refractivity contribution < 1.29 is 14.5 Å². The molecule has 26 heavy (non-hydrogen) atoms. The van der Waals surface area contributed by atoms with Gasteiger partial charge in [-0.1, -0.05) is 17.7 Å². The van der Waals surface area contributed by atoms with Crippen LogP contribution in [-0.2, 0) is 0 Å². The molecule has 2 aromatic rings. The van der Waals surface area contributed by atoms with Crippen molar-refractivity contribution in [3.63, 3.8) is 0 Å². The number of carbonyl (C=O) groups excluding carboxylic acids is 1. The summed E-state index contributed by atoms with van der Waals surface area (Å²) >= 11 is 0. The molecule has 0 unspecified atom stereocenters. The van der Waals surface area contributed by atoms with Crippen molar-refractivity contribution in [1.29, 1.82) is 0 Å².